The van der Waals surface area contributed by atoms with Crippen molar-refractivity contribution in [2.45, 2.75) is 31.0 Å². The number of β-amino-alcohol motifs (C(OH)–C–C–N with tert-alkyl or cyclic N) is 1. The van der Waals surface area contributed by atoms with E-state index in [1.807, 2.05) is 18.2 Å². The SMILES string of the molecule is Oc1ccc([C@H](O)CN2CC3CC(O)(Cc4ccccc4)C[C@@H]3C2)cc1F. The van der Waals surface area contributed by atoms with Crippen molar-refractivity contribution < 1.29 is 19.7 Å². The molecule has 1 saturated carbocycles. The van der Waals surface area contributed by atoms with Crippen LogP contribution in [0.25, 0.3) is 0 Å². The van der Waals surface area contributed by atoms with Crippen LogP contribution >= 0.6 is 0 Å². The number of fused-ring (bicyclic) bond motifs is 1. The highest BCUT2D eigenvalue weighted by molar-refractivity contribution is 5.29. The van der Waals surface area contributed by atoms with Gasteiger partial charge in [0.15, 0.2) is 11.6 Å². The van der Waals surface area contributed by atoms with Gasteiger partial charge in [0, 0.05) is 26.1 Å². The van der Waals surface area contributed by atoms with E-state index in [0.717, 1.165) is 25.9 Å². The number of phenolic OH excluding ortho intramolecular Hbond substituents is 1. The van der Waals surface area contributed by atoms with Gasteiger partial charge in [0.05, 0.1) is 11.7 Å². The third-order valence-electron chi connectivity index (χ3n) is 6.10. The molecule has 5 heteroatoms. The molecule has 2 aliphatic rings. The largest absolute Gasteiger partial charge is 0.505 e. The van der Waals surface area contributed by atoms with Gasteiger partial charge in [0.2, 0.25) is 0 Å². The maximum absolute atomic E-state index is 13.5. The molecule has 1 aliphatic carbocycles. The molecular weight excluding hydrogens is 345 g/mol. The van der Waals surface area contributed by atoms with E-state index in [9.17, 15) is 19.7 Å². The molecule has 4 atom stereocenters. The number of halogens is 1. The molecule has 0 aromatic heterocycles. The second-order valence-corrected chi connectivity index (χ2v) is 8.26. The first-order valence-electron chi connectivity index (χ1n) is 9.57. The summed E-state index contributed by atoms with van der Waals surface area (Å²) in [5, 5.41) is 30.7. The fourth-order valence-corrected chi connectivity index (χ4v) is 4.91. The predicted molar refractivity (Wildman–Crippen MR) is 101 cm³/mol. The van der Waals surface area contributed by atoms with E-state index in [1.54, 1.807) is 6.07 Å². The van der Waals surface area contributed by atoms with Gasteiger partial charge in [-0.05, 0) is 47.9 Å². The Morgan fingerprint density at radius 3 is 2.37 bits per heavy atom. The predicted octanol–water partition coefficient (Wildman–Crippen LogP) is 2.88. The first-order chi connectivity index (χ1) is 12.9. The molecule has 0 radical (unpaired) electrons. The Hall–Kier alpha value is -1.95. The lowest BCUT2D eigenvalue weighted by molar-refractivity contribution is 0.0328. The van der Waals surface area contributed by atoms with E-state index in [1.165, 1.54) is 17.7 Å². The number of hydrogen-bond acceptors (Lipinski definition) is 4. The van der Waals surface area contributed by atoms with Crippen molar-refractivity contribution >= 4 is 0 Å². The van der Waals surface area contributed by atoms with Gasteiger partial charge in [-0.1, -0.05) is 36.4 Å². The lowest BCUT2D eigenvalue weighted by atomic mass is 9.91. The molecule has 1 aliphatic heterocycles. The van der Waals surface area contributed by atoms with Crippen molar-refractivity contribution in [1.82, 2.24) is 4.90 Å². The summed E-state index contributed by atoms with van der Waals surface area (Å²) >= 11 is 0. The summed E-state index contributed by atoms with van der Waals surface area (Å²) in [6.07, 6.45) is 1.47. The molecule has 0 amide bonds. The van der Waals surface area contributed by atoms with Gasteiger partial charge in [-0.25, -0.2) is 4.39 Å². The zero-order valence-corrected chi connectivity index (χ0v) is 15.3. The molecule has 2 fully saturated rings. The molecule has 144 valence electrons. The van der Waals surface area contributed by atoms with E-state index in [4.69, 9.17) is 0 Å². The van der Waals surface area contributed by atoms with Crippen LogP contribution in [0.5, 0.6) is 5.75 Å². The molecule has 4 nitrogen and oxygen atoms in total. The van der Waals surface area contributed by atoms with Crippen molar-refractivity contribution in [3.8, 4) is 5.75 Å². The van der Waals surface area contributed by atoms with Gasteiger partial charge >= 0.3 is 0 Å². The number of nitrogens with zero attached hydrogens (tertiary/aromatic N) is 1. The molecule has 2 aromatic carbocycles. The average Bonchev–Trinajstić information content (AvgIpc) is 3.11. The number of hydrogen-bond donors (Lipinski definition) is 3. The minimum Gasteiger partial charge on any atom is -0.505 e. The number of aliphatic hydroxyl groups is 2. The first-order valence-corrected chi connectivity index (χ1v) is 9.57. The standard InChI is InChI=1S/C22H26FNO3/c23-19-8-16(6-7-20(19)25)21(26)14-24-12-17-10-22(27,11-18(17)13-24)9-15-4-2-1-3-5-15/h1-8,17-18,21,25-27H,9-14H2/t17-,18?,21-,22?/m1/s1. The number of aliphatic hydroxyl groups excluding tert-OH is 1. The van der Waals surface area contributed by atoms with Crippen LogP contribution in [-0.4, -0.2) is 45.5 Å². The summed E-state index contributed by atoms with van der Waals surface area (Å²) in [6.45, 7) is 2.13. The van der Waals surface area contributed by atoms with Crippen molar-refractivity contribution in [3.05, 3.63) is 65.5 Å². The fraction of sp³-hybridized carbons (Fsp3) is 0.455. The van der Waals surface area contributed by atoms with Crippen molar-refractivity contribution in [3.63, 3.8) is 0 Å². The molecule has 2 aromatic rings. The molecule has 1 heterocycles. The summed E-state index contributed by atoms with van der Waals surface area (Å²) in [5.74, 6) is -0.250. The fourth-order valence-electron chi connectivity index (χ4n) is 4.91. The maximum atomic E-state index is 13.5. The molecular formula is C22H26FNO3. The Morgan fingerprint density at radius 1 is 1.07 bits per heavy atom. The number of likely N-dealkylation sites (tertiary alicyclic amines) is 1. The highest BCUT2D eigenvalue weighted by atomic mass is 19.1. The average molecular weight is 371 g/mol. The van der Waals surface area contributed by atoms with Gasteiger partial charge in [0.25, 0.3) is 0 Å². The van der Waals surface area contributed by atoms with Crippen LogP contribution in [0.1, 0.15) is 30.1 Å². The van der Waals surface area contributed by atoms with Crippen LogP contribution in [0.15, 0.2) is 48.5 Å². The summed E-state index contributed by atoms with van der Waals surface area (Å²) in [5.41, 5.74) is 1.01. The second-order valence-electron chi connectivity index (χ2n) is 8.26. The zero-order chi connectivity index (χ0) is 19.0. The van der Waals surface area contributed by atoms with Gasteiger partial charge in [-0.15, -0.1) is 0 Å². The topological polar surface area (TPSA) is 63.9 Å². The van der Waals surface area contributed by atoms with E-state index in [2.05, 4.69) is 17.0 Å². The highest BCUT2D eigenvalue weighted by Crippen LogP contribution is 2.45. The van der Waals surface area contributed by atoms with Gasteiger partial charge < -0.3 is 15.3 Å². The Kier molecular flexibility index (Phi) is 4.93. The lowest BCUT2D eigenvalue weighted by Gasteiger charge is -2.27. The van der Waals surface area contributed by atoms with E-state index in [-0.39, 0.29) is 0 Å². The van der Waals surface area contributed by atoms with Crippen LogP contribution < -0.4 is 0 Å². The summed E-state index contributed by atoms with van der Waals surface area (Å²) in [4.78, 5) is 2.20. The Morgan fingerprint density at radius 2 is 1.74 bits per heavy atom. The van der Waals surface area contributed by atoms with Crippen LogP contribution in [-0.2, 0) is 6.42 Å². The minimum absolute atomic E-state index is 0.403. The van der Waals surface area contributed by atoms with Crippen LogP contribution in [0.2, 0.25) is 0 Å². The monoisotopic (exact) mass is 371 g/mol. The van der Waals surface area contributed by atoms with Crippen molar-refractivity contribution in [1.29, 1.82) is 0 Å². The normalized spacial score (nSPS) is 29.0. The van der Waals surface area contributed by atoms with Crippen LogP contribution in [0.3, 0.4) is 0 Å². The van der Waals surface area contributed by atoms with E-state index < -0.39 is 23.3 Å². The molecule has 1 saturated heterocycles. The van der Waals surface area contributed by atoms with E-state index in [0.29, 0.717) is 30.4 Å². The summed E-state index contributed by atoms with van der Waals surface area (Å²) in [6, 6.07) is 14.1. The highest BCUT2D eigenvalue weighted by Gasteiger charge is 2.48. The maximum Gasteiger partial charge on any atom is 0.165 e. The lowest BCUT2D eigenvalue weighted by Crippen LogP contribution is -2.33. The minimum atomic E-state index is -0.790. The van der Waals surface area contributed by atoms with Gasteiger partial charge in [-0.2, -0.15) is 0 Å². The Balaban J connectivity index is 1.33. The zero-order valence-electron chi connectivity index (χ0n) is 15.3. The number of aromatic hydroxyl groups is 1. The number of benzene rings is 2. The van der Waals surface area contributed by atoms with Crippen LogP contribution in [0, 0.1) is 17.7 Å². The Bertz CT molecular complexity index is 783. The Labute approximate surface area is 158 Å². The molecule has 2 unspecified atom stereocenters. The van der Waals surface area contributed by atoms with Crippen LogP contribution in [0.4, 0.5) is 4.39 Å². The number of rotatable bonds is 5. The number of phenols is 1. The summed E-state index contributed by atoms with van der Waals surface area (Å²) < 4.78 is 13.5. The first kappa shape index (κ1) is 18.4. The molecule has 0 bridgehead atoms. The molecule has 0 spiro atoms. The van der Waals surface area contributed by atoms with Gasteiger partial charge in [-0.3, -0.25) is 4.90 Å². The quantitative estimate of drug-likeness (QED) is 0.756. The van der Waals surface area contributed by atoms with Crippen molar-refractivity contribution in [2.75, 3.05) is 19.6 Å². The second kappa shape index (κ2) is 7.23. The van der Waals surface area contributed by atoms with Crippen molar-refractivity contribution in [2.24, 2.45) is 11.8 Å². The third kappa shape index (κ3) is 4.00. The third-order valence-corrected chi connectivity index (χ3v) is 6.10. The summed E-state index contributed by atoms with van der Waals surface area (Å²) in [7, 11) is 0. The van der Waals surface area contributed by atoms with E-state index >= 15 is 0 Å². The molecule has 4 rings (SSSR count). The smallest absolute Gasteiger partial charge is 0.165 e. The molecule has 27 heavy (non-hydrogen) atoms. The van der Waals surface area contributed by atoms with Gasteiger partial charge in [0.1, 0.15) is 0 Å². The molecule has 3 N–H and O–H groups in total.